The van der Waals surface area contributed by atoms with Gasteiger partial charge in [0.05, 0.1) is 12.5 Å². The summed E-state index contributed by atoms with van der Waals surface area (Å²) in [7, 11) is 0. The number of hydrogen-bond acceptors (Lipinski definition) is 3. The fourth-order valence-corrected chi connectivity index (χ4v) is 1.59. The van der Waals surface area contributed by atoms with Gasteiger partial charge in [-0.1, -0.05) is 37.3 Å². The van der Waals surface area contributed by atoms with Crippen LogP contribution in [0.2, 0.25) is 0 Å². The highest BCUT2D eigenvalue weighted by Gasteiger charge is 2.40. The smallest absolute Gasteiger partial charge is 0.311 e. The van der Waals surface area contributed by atoms with Crippen LogP contribution in [-0.2, 0) is 20.9 Å². The Labute approximate surface area is 95.4 Å². The van der Waals surface area contributed by atoms with Crippen molar-refractivity contribution in [3.8, 4) is 0 Å². The van der Waals surface area contributed by atoms with E-state index >= 15 is 0 Å². The van der Waals surface area contributed by atoms with Crippen molar-refractivity contribution in [3.63, 3.8) is 0 Å². The highest BCUT2D eigenvalue weighted by molar-refractivity contribution is 5.75. The molecule has 0 aliphatic heterocycles. The lowest BCUT2D eigenvalue weighted by Gasteiger charge is -2.05. The van der Waals surface area contributed by atoms with Crippen molar-refractivity contribution in [2.24, 2.45) is 11.8 Å². The quantitative estimate of drug-likeness (QED) is 0.434. The van der Waals surface area contributed by atoms with Gasteiger partial charge in [-0.25, -0.2) is 0 Å². The maximum absolute atomic E-state index is 11.3. The first kappa shape index (κ1) is 11.1. The zero-order valence-corrected chi connectivity index (χ0v) is 9.39. The first-order chi connectivity index (χ1) is 7.77. The maximum Gasteiger partial charge on any atom is 0.311 e. The molecular formula is C13H16O3. The number of esters is 1. The zero-order chi connectivity index (χ0) is 11.4. The van der Waals surface area contributed by atoms with E-state index in [1.807, 2.05) is 30.3 Å². The van der Waals surface area contributed by atoms with Gasteiger partial charge in [0.2, 0.25) is 0 Å². The second-order valence-electron chi connectivity index (χ2n) is 4.23. The summed E-state index contributed by atoms with van der Waals surface area (Å²) in [6, 6.07) is 9.82. The van der Waals surface area contributed by atoms with Crippen LogP contribution in [0.3, 0.4) is 0 Å². The summed E-state index contributed by atoms with van der Waals surface area (Å²) in [6.07, 6.45) is 0.956. The molecule has 1 aromatic carbocycles. The lowest BCUT2D eigenvalue weighted by atomic mass is 10.2. The topological polar surface area (TPSA) is 35.5 Å². The van der Waals surface area contributed by atoms with Gasteiger partial charge in [0, 0.05) is 0 Å². The fourth-order valence-electron chi connectivity index (χ4n) is 1.59. The molecule has 2 rings (SSSR count). The minimum Gasteiger partial charge on any atom is -0.438 e. The molecule has 1 fully saturated rings. The number of carbonyl (C=O) groups is 1. The highest BCUT2D eigenvalue weighted by atomic mass is 16.7. The van der Waals surface area contributed by atoms with Crippen LogP contribution < -0.4 is 0 Å². The van der Waals surface area contributed by atoms with E-state index in [0.29, 0.717) is 12.5 Å². The first-order valence-corrected chi connectivity index (χ1v) is 5.55. The van der Waals surface area contributed by atoms with Crippen LogP contribution >= 0.6 is 0 Å². The van der Waals surface area contributed by atoms with Gasteiger partial charge in [0.15, 0.2) is 6.79 Å². The van der Waals surface area contributed by atoms with Gasteiger partial charge in [-0.15, -0.1) is 0 Å². The van der Waals surface area contributed by atoms with Gasteiger partial charge in [-0.3, -0.25) is 4.79 Å². The molecule has 0 N–H and O–H groups in total. The summed E-state index contributed by atoms with van der Waals surface area (Å²) in [5, 5.41) is 0. The molecule has 0 heterocycles. The standard InChI is InChI=1S/C13H16O3/c1-10-7-12(10)13(14)16-9-15-8-11-5-3-2-4-6-11/h2-6,10,12H,7-9H2,1H3. The Morgan fingerprint density at radius 2 is 2.06 bits per heavy atom. The maximum atomic E-state index is 11.3. The van der Waals surface area contributed by atoms with E-state index in [2.05, 4.69) is 6.92 Å². The molecule has 3 heteroatoms. The Balaban J connectivity index is 1.60. The molecule has 1 saturated carbocycles. The van der Waals surface area contributed by atoms with Crippen LogP contribution in [-0.4, -0.2) is 12.8 Å². The van der Waals surface area contributed by atoms with Gasteiger partial charge in [0.25, 0.3) is 0 Å². The Morgan fingerprint density at radius 1 is 1.38 bits per heavy atom. The minimum absolute atomic E-state index is 0.0525. The number of rotatable bonds is 5. The molecule has 0 spiro atoms. The summed E-state index contributed by atoms with van der Waals surface area (Å²) in [4.78, 5) is 11.3. The number of carbonyl (C=O) groups excluding carboxylic acids is 1. The van der Waals surface area contributed by atoms with Crippen LogP contribution in [0.5, 0.6) is 0 Å². The molecule has 0 bridgehead atoms. The molecule has 2 atom stereocenters. The molecule has 0 radical (unpaired) electrons. The second kappa shape index (κ2) is 5.12. The predicted octanol–water partition coefficient (Wildman–Crippen LogP) is 2.36. The lowest BCUT2D eigenvalue weighted by molar-refractivity contribution is -0.159. The molecule has 1 aliphatic carbocycles. The summed E-state index contributed by atoms with van der Waals surface area (Å²) in [5.74, 6) is 0.475. The van der Waals surface area contributed by atoms with Crippen LogP contribution in [0.4, 0.5) is 0 Å². The Kier molecular flexibility index (Phi) is 3.57. The molecule has 3 nitrogen and oxygen atoms in total. The normalized spacial score (nSPS) is 22.8. The Bertz CT molecular complexity index is 347. The van der Waals surface area contributed by atoms with Crippen molar-refractivity contribution in [1.29, 1.82) is 0 Å². The first-order valence-electron chi connectivity index (χ1n) is 5.55. The SMILES string of the molecule is CC1CC1C(=O)OCOCc1ccccc1. The third-order valence-electron chi connectivity index (χ3n) is 2.81. The van der Waals surface area contributed by atoms with Gasteiger partial charge >= 0.3 is 5.97 Å². The van der Waals surface area contributed by atoms with Crippen molar-refractivity contribution in [1.82, 2.24) is 0 Å². The van der Waals surface area contributed by atoms with Crippen molar-refractivity contribution in [3.05, 3.63) is 35.9 Å². The summed E-state index contributed by atoms with van der Waals surface area (Å²) >= 11 is 0. The second-order valence-corrected chi connectivity index (χ2v) is 4.23. The van der Waals surface area contributed by atoms with E-state index in [1.165, 1.54) is 0 Å². The van der Waals surface area contributed by atoms with Crippen molar-refractivity contribution in [2.45, 2.75) is 20.0 Å². The van der Waals surface area contributed by atoms with Crippen molar-refractivity contribution >= 4 is 5.97 Å². The third-order valence-corrected chi connectivity index (χ3v) is 2.81. The molecule has 2 unspecified atom stereocenters. The lowest BCUT2D eigenvalue weighted by Crippen LogP contribution is -2.10. The van der Waals surface area contributed by atoms with Gasteiger partial charge in [0.1, 0.15) is 0 Å². The van der Waals surface area contributed by atoms with E-state index in [4.69, 9.17) is 9.47 Å². The Morgan fingerprint density at radius 3 is 2.69 bits per heavy atom. The fraction of sp³-hybridized carbons (Fsp3) is 0.462. The molecule has 0 saturated heterocycles. The van der Waals surface area contributed by atoms with E-state index in [1.54, 1.807) is 0 Å². The van der Waals surface area contributed by atoms with Crippen LogP contribution in [0.25, 0.3) is 0 Å². The van der Waals surface area contributed by atoms with Crippen LogP contribution in [0, 0.1) is 11.8 Å². The van der Waals surface area contributed by atoms with Gasteiger partial charge in [-0.2, -0.15) is 0 Å². The molecule has 1 aromatic rings. The van der Waals surface area contributed by atoms with E-state index in [0.717, 1.165) is 12.0 Å². The molecule has 16 heavy (non-hydrogen) atoms. The van der Waals surface area contributed by atoms with Gasteiger partial charge < -0.3 is 9.47 Å². The molecule has 0 aromatic heterocycles. The average Bonchev–Trinajstić information content (AvgIpc) is 3.03. The minimum atomic E-state index is -0.124. The number of ether oxygens (including phenoxy) is 2. The zero-order valence-electron chi connectivity index (χ0n) is 9.39. The van der Waals surface area contributed by atoms with E-state index < -0.39 is 0 Å². The van der Waals surface area contributed by atoms with Crippen LogP contribution in [0.15, 0.2) is 30.3 Å². The van der Waals surface area contributed by atoms with Gasteiger partial charge in [-0.05, 0) is 17.9 Å². The third kappa shape index (κ3) is 3.07. The predicted molar refractivity (Wildman–Crippen MR) is 59.5 cm³/mol. The number of hydrogen-bond donors (Lipinski definition) is 0. The van der Waals surface area contributed by atoms with Crippen LogP contribution in [0.1, 0.15) is 18.9 Å². The summed E-state index contributed by atoms with van der Waals surface area (Å²) in [6.45, 7) is 2.59. The van der Waals surface area contributed by atoms with E-state index in [9.17, 15) is 4.79 Å². The summed E-state index contributed by atoms with van der Waals surface area (Å²) in [5.41, 5.74) is 1.08. The Hall–Kier alpha value is -1.35. The van der Waals surface area contributed by atoms with Crippen molar-refractivity contribution in [2.75, 3.05) is 6.79 Å². The molecular weight excluding hydrogens is 204 g/mol. The average molecular weight is 220 g/mol. The molecule has 1 aliphatic rings. The largest absolute Gasteiger partial charge is 0.438 e. The highest BCUT2D eigenvalue weighted by Crippen LogP contribution is 2.38. The summed E-state index contributed by atoms with van der Waals surface area (Å²) < 4.78 is 10.3. The molecule has 86 valence electrons. The number of benzene rings is 1. The van der Waals surface area contributed by atoms with E-state index in [-0.39, 0.29) is 18.7 Å². The monoisotopic (exact) mass is 220 g/mol. The molecule has 0 amide bonds. The van der Waals surface area contributed by atoms with Crippen molar-refractivity contribution < 1.29 is 14.3 Å².